The van der Waals surface area contributed by atoms with E-state index < -0.39 is 4.92 Å². The largest absolute Gasteiger partial charge is 0.398 e. The maximum Gasteiger partial charge on any atom is 0.273 e. The van der Waals surface area contributed by atoms with E-state index in [0.717, 1.165) is 10.2 Å². The molecule has 0 atom stereocenters. The first-order valence-corrected chi connectivity index (χ1v) is 6.40. The molecule has 0 saturated heterocycles. The monoisotopic (exact) mass is 341 g/mol. The van der Waals surface area contributed by atoms with E-state index >= 15 is 0 Å². The summed E-state index contributed by atoms with van der Waals surface area (Å²) in [6.07, 6.45) is 0. The normalized spacial score (nSPS) is 10.2. The molecule has 3 N–H and O–H groups in total. The van der Waals surface area contributed by atoms with Gasteiger partial charge in [-0.05, 0) is 40.2 Å². The number of nitrogens with zero attached hydrogens (tertiary/aromatic N) is 1. The number of benzene rings is 2. The minimum Gasteiger partial charge on any atom is -0.398 e. The van der Waals surface area contributed by atoms with Crippen LogP contribution < -0.4 is 11.1 Å². The van der Waals surface area contributed by atoms with Crippen LogP contribution in [0, 0.1) is 10.1 Å². The molecule has 2 aromatic carbocycles. The predicted molar refractivity (Wildman–Crippen MR) is 79.9 cm³/mol. The summed E-state index contributed by atoms with van der Waals surface area (Å²) < 4.78 is 0.755. The van der Waals surface area contributed by atoms with Crippen LogP contribution in [-0.2, 0) is 0 Å². The highest BCUT2D eigenvalue weighted by molar-refractivity contribution is 9.10. The molecule has 0 aliphatic rings. The third-order valence-electron chi connectivity index (χ3n) is 2.36. The van der Waals surface area contributed by atoms with Crippen molar-refractivity contribution < 1.29 is 4.92 Å². The number of non-ortho nitro benzene ring substituents is 1. The van der Waals surface area contributed by atoms with Gasteiger partial charge in [-0.2, -0.15) is 0 Å². The number of rotatable bonds is 3. The molecule has 5 nitrogen and oxygen atoms in total. The van der Waals surface area contributed by atoms with Crippen molar-refractivity contribution in [2.45, 2.75) is 0 Å². The van der Waals surface area contributed by atoms with E-state index in [1.807, 2.05) is 0 Å². The second-order valence-electron chi connectivity index (χ2n) is 3.82. The van der Waals surface area contributed by atoms with Crippen LogP contribution in [0.2, 0.25) is 5.02 Å². The molecule has 98 valence electrons. The van der Waals surface area contributed by atoms with Crippen molar-refractivity contribution in [2.75, 3.05) is 11.1 Å². The number of hydrogen-bond donors (Lipinski definition) is 2. The van der Waals surface area contributed by atoms with E-state index in [9.17, 15) is 10.1 Å². The van der Waals surface area contributed by atoms with Crippen LogP contribution in [0.3, 0.4) is 0 Å². The van der Waals surface area contributed by atoms with Gasteiger partial charge in [-0.15, -0.1) is 0 Å². The van der Waals surface area contributed by atoms with Crippen LogP contribution in [-0.4, -0.2) is 4.92 Å². The number of anilines is 3. The zero-order chi connectivity index (χ0) is 14.0. The van der Waals surface area contributed by atoms with E-state index in [4.69, 9.17) is 17.3 Å². The van der Waals surface area contributed by atoms with Crippen molar-refractivity contribution in [2.24, 2.45) is 0 Å². The minimum absolute atomic E-state index is 0.0624. The maximum atomic E-state index is 10.8. The van der Waals surface area contributed by atoms with Crippen molar-refractivity contribution >= 4 is 50.3 Å². The second kappa shape index (κ2) is 5.46. The van der Waals surface area contributed by atoms with Gasteiger partial charge in [0, 0.05) is 33.0 Å². The standard InChI is InChI=1S/C12H9BrClN3O2/c13-11-3-7(14)1-2-12(11)16-9-4-8(15)5-10(6-9)17(18)19/h1-6,16H,15H2. The average Bonchev–Trinajstić information content (AvgIpc) is 2.32. The molecule has 0 radical (unpaired) electrons. The van der Waals surface area contributed by atoms with Gasteiger partial charge in [0.2, 0.25) is 0 Å². The van der Waals surface area contributed by atoms with E-state index in [1.54, 1.807) is 24.3 Å². The topological polar surface area (TPSA) is 81.2 Å². The van der Waals surface area contributed by atoms with Crippen LogP contribution in [0.15, 0.2) is 40.9 Å². The average molecular weight is 343 g/mol. The fraction of sp³-hybridized carbons (Fsp3) is 0. The number of nitrogen functional groups attached to an aromatic ring is 1. The molecular weight excluding hydrogens is 334 g/mol. The first-order valence-electron chi connectivity index (χ1n) is 5.23. The highest BCUT2D eigenvalue weighted by Gasteiger charge is 2.09. The molecule has 0 spiro atoms. The highest BCUT2D eigenvalue weighted by atomic mass is 79.9. The molecule has 0 aliphatic carbocycles. The number of hydrogen-bond acceptors (Lipinski definition) is 4. The van der Waals surface area contributed by atoms with Crippen molar-refractivity contribution in [3.05, 3.63) is 56.0 Å². The quantitative estimate of drug-likeness (QED) is 0.494. The lowest BCUT2D eigenvalue weighted by molar-refractivity contribution is -0.384. The van der Waals surface area contributed by atoms with Gasteiger partial charge in [0.15, 0.2) is 0 Å². The maximum absolute atomic E-state index is 10.8. The molecule has 2 aromatic rings. The molecule has 2 rings (SSSR count). The third-order valence-corrected chi connectivity index (χ3v) is 3.25. The van der Waals surface area contributed by atoms with Gasteiger partial charge in [-0.25, -0.2) is 0 Å². The number of halogens is 2. The first kappa shape index (κ1) is 13.6. The molecular formula is C12H9BrClN3O2. The molecule has 0 amide bonds. The molecule has 0 unspecified atom stereocenters. The smallest absolute Gasteiger partial charge is 0.273 e. The van der Waals surface area contributed by atoms with Crippen LogP contribution in [0.5, 0.6) is 0 Å². The zero-order valence-electron chi connectivity index (χ0n) is 9.56. The predicted octanol–water partition coefficient (Wildman–Crippen LogP) is 4.34. The minimum atomic E-state index is -0.488. The van der Waals surface area contributed by atoms with Crippen LogP contribution in [0.1, 0.15) is 0 Å². The number of nitrogens with one attached hydrogen (secondary N) is 1. The fourth-order valence-electron chi connectivity index (χ4n) is 1.56. The molecule has 7 heteroatoms. The third kappa shape index (κ3) is 3.36. The Morgan fingerprint density at radius 3 is 2.63 bits per heavy atom. The summed E-state index contributed by atoms with van der Waals surface area (Å²) in [5, 5.41) is 14.4. The van der Waals surface area contributed by atoms with E-state index in [1.165, 1.54) is 12.1 Å². The van der Waals surface area contributed by atoms with Crippen molar-refractivity contribution in [3.63, 3.8) is 0 Å². The van der Waals surface area contributed by atoms with Crippen LogP contribution in [0.25, 0.3) is 0 Å². The SMILES string of the molecule is Nc1cc(Nc2ccc(Cl)cc2Br)cc([N+](=O)[O-])c1. The Morgan fingerprint density at radius 2 is 2.00 bits per heavy atom. The molecule has 0 saturated carbocycles. The Bertz CT molecular complexity index is 649. The fourth-order valence-corrected chi connectivity index (χ4v) is 2.34. The lowest BCUT2D eigenvalue weighted by Crippen LogP contribution is -1.96. The molecule has 0 fully saturated rings. The van der Waals surface area contributed by atoms with Gasteiger partial charge in [-0.3, -0.25) is 10.1 Å². The molecule has 0 heterocycles. The second-order valence-corrected chi connectivity index (χ2v) is 5.11. The number of nitro benzene ring substituents is 1. The highest BCUT2D eigenvalue weighted by Crippen LogP contribution is 2.30. The Labute approximate surface area is 122 Å². The van der Waals surface area contributed by atoms with Gasteiger partial charge < -0.3 is 11.1 Å². The summed E-state index contributed by atoms with van der Waals surface area (Å²) in [6.45, 7) is 0. The van der Waals surface area contributed by atoms with Gasteiger partial charge >= 0.3 is 0 Å². The Morgan fingerprint density at radius 1 is 1.26 bits per heavy atom. The lowest BCUT2D eigenvalue weighted by atomic mass is 10.2. The van der Waals surface area contributed by atoms with Crippen molar-refractivity contribution in [1.29, 1.82) is 0 Å². The molecule has 0 bridgehead atoms. The molecule has 0 aromatic heterocycles. The zero-order valence-corrected chi connectivity index (χ0v) is 11.9. The molecule has 19 heavy (non-hydrogen) atoms. The van der Waals surface area contributed by atoms with Gasteiger partial charge in [0.05, 0.1) is 10.6 Å². The van der Waals surface area contributed by atoms with Crippen LogP contribution >= 0.6 is 27.5 Å². The summed E-state index contributed by atoms with van der Waals surface area (Å²) in [5.74, 6) is 0. The Balaban J connectivity index is 2.35. The Kier molecular flexibility index (Phi) is 3.92. The van der Waals surface area contributed by atoms with E-state index in [2.05, 4.69) is 21.2 Å². The van der Waals surface area contributed by atoms with Crippen molar-refractivity contribution in [3.8, 4) is 0 Å². The van der Waals surface area contributed by atoms with E-state index in [0.29, 0.717) is 16.4 Å². The van der Waals surface area contributed by atoms with Gasteiger partial charge in [0.25, 0.3) is 5.69 Å². The summed E-state index contributed by atoms with van der Waals surface area (Å²) in [6, 6.07) is 9.55. The Hall–Kier alpha value is -1.79. The van der Waals surface area contributed by atoms with Crippen LogP contribution in [0.4, 0.5) is 22.7 Å². The number of nitro groups is 1. The number of nitrogens with two attached hydrogens (primary N) is 1. The van der Waals surface area contributed by atoms with Gasteiger partial charge in [0.1, 0.15) is 0 Å². The van der Waals surface area contributed by atoms with E-state index in [-0.39, 0.29) is 5.69 Å². The summed E-state index contributed by atoms with van der Waals surface area (Å²) >= 11 is 9.20. The first-order chi connectivity index (χ1) is 8.95. The van der Waals surface area contributed by atoms with Crippen molar-refractivity contribution in [1.82, 2.24) is 0 Å². The lowest BCUT2D eigenvalue weighted by Gasteiger charge is -2.09. The summed E-state index contributed by atoms with van der Waals surface area (Å²) in [7, 11) is 0. The van der Waals surface area contributed by atoms with Gasteiger partial charge in [-0.1, -0.05) is 11.6 Å². The summed E-state index contributed by atoms with van der Waals surface area (Å²) in [5.41, 5.74) is 7.17. The summed E-state index contributed by atoms with van der Waals surface area (Å²) in [4.78, 5) is 10.3. The molecule has 0 aliphatic heterocycles.